The standard InChI is InChI=1S/C20H24N2O2S/c23-19(11-3-8-17-9-5-15-25-17)21-13-12-20(24)22-14-4-7-16-6-1-2-10-18(16)22/h1-2,5-6,9-10,15H,3-4,7-8,11-14H2,(H,21,23). The van der Waals surface area contributed by atoms with Crippen molar-refractivity contribution in [2.24, 2.45) is 0 Å². The molecule has 2 aromatic rings. The summed E-state index contributed by atoms with van der Waals surface area (Å²) in [5, 5.41) is 4.93. The van der Waals surface area contributed by atoms with E-state index in [2.05, 4.69) is 22.8 Å². The van der Waals surface area contributed by atoms with Gasteiger partial charge in [-0.15, -0.1) is 11.3 Å². The molecule has 0 atom stereocenters. The topological polar surface area (TPSA) is 49.4 Å². The second-order valence-electron chi connectivity index (χ2n) is 6.31. The SMILES string of the molecule is O=C(CCCc1cccs1)NCCC(=O)N1CCCc2ccccc21. The lowest BCUT2D eigenvalue weighted by molar-refractivity contribution is -0.121. The highest BCUT2D eigenvalue weighted by molar-refractivity contribution is 7.09. The summed E-state index contributed by atoms with van der Waals surface area (Å²) in [6.45, 7) is 1.18. The molecule has 0 bridgehead atoms. The van der Waals surface area contributed by atoms with Gasteiger partial charge < -0.3 is 10.2 Å². The van der Waals surface area contributed by atoms with Crippen LogP contribution < -0.4 is 10.2 Å². The zero-order valence-corrected chi connectivity index (χ0v) is 15.2. The van der Waals surface area contributed by atoms with Crippen LogP contribution in [0.3, 0.4) is 0 Å². The molecular formula is C20H24N2O2S. The first kappa shape index (κ1) is 17.7. The third-order valence-corrected chi connectivity index (χ3v) is 5.42. The molecule has 1 aromatic heterocycles. The number of para-hydroxylation sites is 1. The first-order valence-electron chi connectivity index (χ1n) is 8.91. The molecular weight excluding hydrogens is 332 g/mol. The number of nitrogens with one attached hydrogen (secondary N) is 1. The number of carbonyl (C=O) groups excluding carboxylic acids is 2. The second kappa shape index (κ2) is 8.81. The van der Waals surface area contributed by atoms with Crippen molar-refractivity contribution in [2.75, 3.05) is 18.0 Å². The summed E-state index contributed by atoms with van der Waals surface area (Å²) in [7, 11) is 0. The summed E-state index contributed by atoms with van der Waals surface area (Å²) >= 11 is 1.72. The lowest BCUT2D eigenvalue weighted by atomic mass is 10.0. The quantitative estimate of drug-likeness (QED) is 0.825. The lowest BCUT2D eigenvalue weighted by Gasteiger charge is -2.29. The molecule has 0 fully saturated rings. The highest BCUT2D eigenvalue weighted by Crippen LogP contribution is 2.27. The van der Waals surface area contributed by atoms with Crippen LogP contribution in [0.5, 0.6) is 0 Å². The number of amides is 2. The molecule has 4 nitrogen and oxygen atoms in total. The number of benzene rings is 1. The van der Waals surface area contributed by atoms with E-state index in [1.807, 2.05) is 29.2 Å². The molecule has 0 radical (unpaired) electrons. The Morgan fingerprint density at radius 3 is 2.84 bits per heavy atom. The predicted octanol–water partition coefficient (Wildman–Crippen LogP) is 3.56. The summed E-state index contributed by atoms with van der Waals surface area (Å²) < 4.78 is 0. The Kier molecular flexibility index (Phi) is 6.23. The average molecular weight is 356 g/mol. The minimum absolute atomic E-state index is 0.0309. The third-order valence-electron chi connectivity index (χ3n) is 4.48. The molecule has 1 aliphatic heterocycles. The Labute approximate surface area is 152 Å². The summed E-state index contributed by atoms with van der Waals surface area (Å²) in [5.74, 6) is 0.120. The summed E-state index contributed by atoms with van der Waals surface area (Å²) in [5.41, 5.74) is 2.26. The fourth-order valence-electron chi connectivity index (χ4n) is 3.20. The number of rotatable bonds is 7. The zero-order valence-electron chi connectivity index (χ0n) is 14.4. The van der Waals surface area contributed by atoms with Crippen molar-refractivity contribution < 1.29 is 9.59 Å². The van der Waals surface area contributed by atoms with Gasteiger partial charge in [0.1, 0.15) is 0 Å². The van der Waals surface area contributed by atoms with E-state index in [0.717, 1.165) is 37.9 Å². The van der Waals surface area contributed by atoms with Gasteiger partial charge >= 0.3 is 0 Å². The molecule has 0 unspecified atom stereocenters. The van der Waals surface area contributed by atoms with E-state index in [1.54, 1.807) is 11.3 Å². The molecule has 2 heterocycles. The summed E-state index contributed by atoms with van der Waals surface area (Å²) in [4.78, 5) is 27.6. The molecule has 2 amide bonds. The van der Waals surface area contributed by atoms with Crippen LogP contribution in [0.4, 0.5) is 5.69 Å². The van der Waals surface area contributed by atoms with Crippen molar-refractivity contribution in [1.82, 2.24) is 5.32 Å². The number of hydrogen-bond donors (Lipinski definition) is 1. The fraction of sp³-hybridized carbons (Fsp3) is 0.400. The van der Waals surface area contributed by atoms with Gasteiger partial charge in [0.2, 0.25) is 11.8 Å². The van der Waals surface area contributed by atoms with Crippen LogP contribution >= 0.6 is 11.3 Å². The van der Waals surface area contributed by atoms with Crippen molar-refractivity contribution in [2.45, 2.75) is 38.5 Å². The van der Waals surface area contributed by atoms with Crippen molar-refractivity contribution in [3.05, 3.63) is 52.2 Å². The zero-order chi connectivity index (χ0) is 17.5. The molecule has 0 saturated heterocycles. The molecule has 1 aromatic carbocycles. The number of carbonyl (C=O) groups is 2. The molecule has 3 rings (SSSR count). The minimum Gasteiger partial charge on any atom is -0.356 e. The lowest BCUT2D eigenvalue weighted by Crippen LogP contribution is -2.37. The van der Waals surface area contributed by atoms with E-state index in [4.69, 9.17) is 0 Å². The van der Waals surface area contributed by atoms with Gasteiger partial charge in [0.05, 0.1) is 0 Å². The number of fused-ring (bicyclic) bond motifs is 1. The van der Waals surface area contributed by atoms with Gasteiger partial charge in [-0.1, -0.05) is 24.3 Å². The van der Waals surface area contributed by atoms with Gasteiger partial charge in [-0.2, -0.15) is 0 Å². The molecule has 0 spiro atoms. The predicted molar refractivity (Wildman–Crippen MR) is 102 cm³/mol. The Hall–Kier alpha value is -2.14. The van der Waals surface area contributed by atoms with Crippen molar-refractivity contribution in [3.63, 3.8) is 0 Å². The second-order valence-corrected chi connectivity index (χ2v) is 7.34. The first-order chi connectivity index (χ1) is 12.2. The van der Waals surface area contributed by atoms with E-state index in [9.17, 15) is 9.59 Å². The van der Waals surface area contributed by atoms with Crippen LogP contribution in [0.1, 0.15) is 36.1 Å². The van der Waals surface area contributed by atoms with Crippen molar-refractivity contribution >= 4 is 28.8 Å². The summed E-state index contributed by atoms with van der Waals surface area (Å²) in [6.07, 6.45) is 4.68. The molecule has 1 N–H and O–H groups in total. The molecule has 1 aliphatic rings. The summed E-state index contributed by atoms with van der Waals surface area (Å²) in [6, 6.07) is 12.2. The largest absolute Gasteiger partial charge is 0.356 e. The van der Waals surface area contributed by atoms with Gasteiger partial charge in [-0.05, 0) is 48.8 Å². The average Bonchev–Trinajstić information content (AvgIpc) is 3.14. The Morgan fingerprint density at radius 2 is 2.00 bits per heavy atom. The highest BCUT2D eigenvalue weighted by Gasteiger charge is 2.21. The number of thiophene rings is 1. The normalized spacial score (nSPS) is 13.4. The number of hydrogen-bond acceptors (Lipinski definition) is 3. The first-order valence-corrected chi connectivity index (χ1v) is 9.79. The molecule has 5 heteroatoms. The third kappa shape index (κ3) is 4.92. The monoisotopic (exact) mass is 356 g/mol. The fourth-order valence-corrected chi connectivity index (χ4v) is 3.95. The van der Waals surface area contributed by atoms with Gasteiger partial charge in [0, 0.05) is 36.5 Å². The van der Waals surface area contributed by atoms with E-state index < -0.39 is 0 Å². The maximum Gasteiger partial charge on any atom is 0.228 e. The van der Waals surface area contributed by atoms with Gasteiger partial charge in [-0.25, -0.2) is 0 Å². The van der Waals surface area contributed by atoms with E-state index in [-0.39, 0.29) is 11.8 Å². The van der Waals surface area contributed by atoms with Crippen molar-refractivity contribution in [1.29, 1.82) is 0 Å². The van der Waals surface area contributed by atoms with Crippen LogP contribution in [0.25, 0.3) is 0 Å². The van der Waals surface area contributed by atoms with E-state index in [1.165, 1.54) is 10.4 Å². The Bertz CT molecular complexity index is 712. The van der Waals surface area contributed by atoms with Crippen molar-refractivity contribution in [3.8, 4) is 0 Å². The van der Waals surface area contributed by atoms with Crippen LogP contribution in [-0.4, -0.2) is 24.9 Å². The van der Waals surface area contributed by atoms with Crippen LogP contribution in [0.2, 0.25) is 0 Å². The molecule has 132 valence electrons. The van der Waals surface area contributed by atoms with Gasteiger partial charge in [0.25, 0.3) is 0 Å². The molecule has 25 heavy (non-hydrogen) atoms. The van der Waals surface area contributed by atoms with Crippen LogP contribution in [0, 0.1) is 0 Å². The van der Waals surface area contributed by atoms with Crippen LogP contribution in [0.15, 0.2) is 41.8 Å². The molecule has 0 saturated carbocycles. The van der Waals surface area contributed by atoms with E-state index >= 15 is 0 Å². The van der Waals surface area contributed by atoms with Crippen LogP contribution in [-0.2, 0) is 22.4 Å². The number of nitrogens with zero attached hydrogens (tertiary/aromatic N) is 1. The van der Waals surface area contributed by atoms with Gasteiger partial charge in [-0.3, -0.25) is 9.59 Å². The number of anilines is 1. The molecule has 0 aliphatic carbocycles. The minimum atomic E-state index is 0.0309. The maximum absolute atomic E-state index is 12.5. The maximum atomic E-state index is 12.5. The number of aryl methyl sites for hydroxylation is 2. The highest BCUT2D eigenvalue weighted by atomic mass is 32.1. The van der Waals surface area contributed by atoms with Gasteiger partial charge in [0.15, 0.2) is 0 Å². The Morgan fingerprint density at radius 1 is 1.12 bits per heavy atom. The van der Waals surface area contributed by atoms with E-state index in [0.29, 0.717) is 19.4 Å². The smallest absolute Gasteiger partial charge is 0.228 e. The Balaban J connectivity index is 1.39.